The zero-order valence-electron chi connectivity index (χ0n) is 9.27. The average Bonchev–Trinajstić information content (AvgIpc) is 2.20. The fourth-order valence-corrected chi connectivity index (χ4v) is 1.84. The van der Waals surface area contributed by atoms with Gasteiger partial charge in [-0.15, -0.1) is 0 Å². The normalized spacial score (nSPS) is 12.1. The number of benzene rings is 1. The highest BCUT2D eigenvalue weighted by molar-refractivity contribution is 7.98. The summed E-state index contributed by atoms with van der Waals surface area (Å²) in [7, 11) is 0. The molecule has 0 heterocycles. The van der Waals surface area contributed by atoms with E-state index in [1.807, 2.05) is 13.2 Å². The third-order valence-corrected chi connectivity index (χ3v) is 2.76. The summed E-state index contributed by atoms with van der Waals surface area (Å²) in [6.45, 7) is 1.91. The highest BCUT2D eigenvalue weighted by Crippen LogP contribution is 2.24. The minimum atomic E-state index is -0.609. The fraction of sp³-hybridized carbons (Fsp3) is 0.364. The number of aromatic hydroxyl groups is 1. The average molecular weight is 241 g/mol. The summed E-state index contributed by atoms with van der Waals surface area (Å²) in [6.07, 6.45) is 1.96. The smallest absolute Gasteiger partial charge is 0.252 e. The fourth-order valence-electron chi connectivity index (χ4n) is 1.30. The van der Waals surface area contributed by atoms with Crippen LogP contribution in [0.3, 0.4) is 0 Å². The maximum Gasteiger partial charge on any atom is 0.252 e. The first kappa shape index (κ1) is 12.7. The Hall–Kier alpha value is -1.36. The summed E-state index contributed by atoms with van der Waals surface area (Å²) in [6, 6.07) is 4.32. The molecule has 0 aliphatic rings. The molecule has 1 aromatic rings. The van der Waals surface area contributed by atoms with Gasteiger partial charge in [-0.2, -0.15) is 11.8 Å². The lowest BCUT2D eigenvalue weighted by molar-refractivity contribution is 0.0994. The van der Waals surface area contributed by atoms with Gasteiger partial charge in [0, 0.05) is 5.75 Å². The van der Waals surface area contributed by atoms with Crippen LogP contribution in [0.1, 0.15) is 17.3 Å². The van der Waals surface area contributed by atoms with Gasteiger partial charge in [0.05, 0.1) is 5.56 Å². The number of ether oxygens (including phenoxy) is 1. The van der Waals surface area contributed by atoms with Crippen LogP contribution >= 0.6 is 11.8 Å². The van der Waals surface area contributed by atoms with Gasteiger partial charge in [0.1, 0.15) is 17.6 Å². The van der Waals surface area contributed by atoms with E-state index in [0.717, 1.165) is 5.75 Å². The minimum Gasteiger partial charge on any atom is -0.508 e. The van der Waals surface area contributed by atoms with Gasteiger partial charge in [-0.25, -0.2) is 0 Å². The molecule has 16 heavy (non-hydrogen) atoms. The molecule has 1 amide bonds. The molecule has 5 heteroatoms. The molecule has 0 aliphatic carbocycles. The number of primary amides is 1. The number of hydrogen-bond donors (Lipinski definition) is 2. The summed E-state index contributed by atoms with van der Waals surface area (Å²) >= 11 is 1.66. The van der Waals surface area contributed by atoms with Crippen molar-refractivity contribution in [2.24, 2.45) is 5.73 Å². The largest absolute Gasteiger partial charge is 0.508 e. The van der Waals surface area contributed by atoms with Crippen LogP contribution in [-0.4, -0.2) is 29.1 Å². The molecule has 1 aromatic carbocycles. The van der Waals surface area contributed by atoms with Crippen LogP contribution in [0.4, 0.5) is 0 Å². The number of carbonyl (C=O) groups excluding carboxylic acids is 1. The van der Waals surface area contributed by atoms with Gasteiger partial charge < -0.3 is 15.6 Å². The highest BCUT2D eigenvalue weighted by Gasteiger charge is 2.12. The van der Waals surface area contributed by atoms with E-state index in [-0.39, 0.29) is 17.4 Å². The number of hydrogen-bond acceptors (Lipinski definition) is 4. The molecule has 1 rings (SSSR count). The van der Waals surface area contributed by atoms with Gasteiger partial charge >= 0.3 is 0 Å². The number of carbonyl (C=O) groups is 1. The summed E-state index contributed by atoms with van der Waals surface area (Å²) < 4.78 is 5.57. The van der Waals surface area contributed by atoms with Crippen molar-refractivity contribution in [2.45, 2.75) is 13.0 Å². The molecule has 1 unspecified atom stereocenters. The Balaban J connectivity index is 2.90. The molecular formula is C11H15NO3S. The topological polar surface area (TPSA) is 72.6 Å². The third kappa shape index (κ3) is 3.34. The number of phenolic OH excluding ortho intramolecular Hbond substituents is 1. The zero-order valence-corrected chi connectivity index (χ0v) is 10.1. The van der Waals surface area contributed by atoms with E-state index in [0.29, 0.717) is 5.75 Å². The molecule has 88 valence electrons. The SMILES string of the molecule is CSCC(C)Oc1ccc(O)cc1C(N)=O. The number of phenols is 1. The lowest BCUT2D eigenvalue weighted by Crippen LogP contribution is -2.18. The predicted octanol–water partition coefficient (Wildman–Crippen LogP) is 1.62. The van der Waals surface area contributed by atoms with Crippen molar-refractivity contribution in [3.8, 4) is 11.5 Å². The van der Waals surface area contributed by atoms with E-state index >= 15 is 0 Å². The second-order valence-electron chi connectivity index (χ2n) is 3.43. The Bertz CT molecular complexity index is 381. The lowest BCUT2D eigenvalue weighted by Gasteiger charge is -2.15. The molecular weight excluding hydrogens is 226 g/mol. The summed E-state index contributed by atoms with van der Waals surface area (Å²) in [5.41, 5.74) is 5.40. The maximum absolute atomic E-state index is 11.1. The lowest BCUT2D eigenvalue weighted by atomic mass is 10.2. The van der Waals surface area contributed by atoms with Crippen molar-refractivity contribution >= 4 is 17.7 Å². The number of rotatable bonds is 5. The molecule has 0 fully saturated rings. The Morgan fingerprint density at radius 2 is 2.31 bits per heavy atom. The van der Waals surface area contributed by atoms with E-state index < -0.39 is 5.91 Å². The summed E-state index contributed by atoms with van der Waals surface area (Å²) in [5, 5.41) is 9.26. The molecule has 4 nitrogen and oxygen atoms in total. The van der Waals surface area contributed by atoms with Crippen molar-refractivity contribution in [1.82, 2.24) is 0 Å². The van der Waals surface area contributed by atoms with Crippen LogP contribution in [0.25, 0.3) is 0 Å². The summed E-state index contributed by atoms with van der Waals surface area (Å²) in [5.74, 6) is 0.617. The van der Waals surface area contributed by atoms with Crippen molar-refractivity contribution in [3.63, 3.8) is 0 Å². The van der Waals surface area contributed by atoms with E-state index in [1.54, 1.807) is 17.8 Å². The van der Waals surface area contributed by atoms with Crippen molar-refractivity contribution in [1.29, 1.82) is 0 Å². The van der Waals surface area contributed by atoms with Crippen molar-refractivity contribution < 1.29 is 14.6 Å². The van der Waals surface area contributed by atoms with E-state index in [4.69, 9.17) is 10.5 Å². The number of nitrogens with two attached hydrogens (primary N) is 1. The van der Waals surface area contributed by atoms with Crippen LogP contribution in [0, 0.1) is 0 Å². The summed E-state index contributed by atoms with van der Waals surface area (Å²) in [4.78, 5) is 11.1. The highest BCUT2D eigenvalue weighted by atomic mass is 32.2. The standard InChI is InChI=1S/C11H15NO3S/c1-7(6-16-2)15-10-4-3-8(13)5-9(10)11(12)14/h3-5,7,13H,6H2,1-2H3,(H2,12,14). The first-order valence-electron chi connectivity index (χ1n) is 4.83. The Kier molecular flexibility index (Phi) is 4.49. The van der Waals surface area contributed by atoms with Gasteiger partial charge in [0.25, 0.3) is 5.91 Å². The number of thioether (sulfide) groups is 1. The van der Waals surface area contributed by atoms with E-state index in [1.165, 1.54) is 12.1 Å². The van der Waals surface area contributed by atoms with Crippen molar-refractivity contribution in [2.75, 3.05) is 12.0 Å². The second kappa shape index (κ2) is 5.65. The molecule has 0 spiro atoms. The quantitative estimate of drug-likeness (QED) is 0.821. The van der Waals surface area contributed by atoms with E-state index in [9.17, 15) is 9.90 Å². The maximum atomic E-state index is 11.1. The van der Waals surface area contributed by atoms with Crippen LogP contribution in [0.15, 0.2) is 18.2 Å². The van der Waals surface area contributed by atoms with Crippen molar-refractivity contribution in [3.05, 3.63) is 23.8 Å². The molecule has 0 aromatic heterocycles. The molecule has 3 N–H and O–H groups in total. The Morgan fingerprint density at radius 1 is 1.62 bits per heavy atom. The Morgan fingerprint density at radius 3 is 2.88 bits per heavy atom. The second-order valence-corrected chi connectivity index (χ2v) is 4.34. The van der Waals surface area contributed by atoms with Crippen LogP contribution < -0.4 is 10.5 Å². The predicted molar refractivity (Wildman–Crippen MR) is 65.1 cm³/mol. The van der Waals surface area contributed by atoms with Gasteiger partial charge in [-0.05, 0) is 31.4 Å². The number of amides is 1. The van der Waals surface area contributed by atoms with Crippen LogP contribution in [0.5, 0.6) is 11.5 Å². The molecule has 1 atom stereocenters. The van der Waals surface area contributed by atoms with Gasteiger partial charge in [-0.3, -0.25) is 4.79 Å². The molecule has 0 bridgehead atoms. The third-order valence-electron chi connectivity index (χ3n) is 1.96. The van der Waals surface area contributed by atoms with Gasteiger partial charge in [-0.1, -0.05) is 0 Å². The van der Waals surface area contributed by atoms with Crippen LogP contribution in [-0.2, 0) is 0 Å². The first-order valence-corrected chi connectivity index (χ1v) is 6.22. The van der Waals surface area contributed by atoms with Gasteiger partial charge in [0.15, 0.2) is 0 Å². The Labute approximate surface area is 98.8 Å². The molecule has 0 aliphatic heterocycles. The van der Waals surface area contributed by atoms with Crippen LogP contribution in [0.2, 0.25) is 0 Å². The van der Waals surface area contributed by atoms with E-state index in [2.05, 4.69) is 0 Å². The monoisotopic (exact) mass is 241 g/mol. The molecule has 0 radical (unpaired) electrons. The first-order chi connectivity index (χ1) is 7.54. The molecule has 0 saturated heterocycles. The van der Waals surface area contributed by atoms with Gasteiger partial charge in [0.2, 0.25) is 0 Å². The minimum absolute atomic E-state index is 0.00123. The zero-order chi connectivity index (χ0) is 12.1. The molecule has 0 saturated carbocycles.